The summed E-state index contributed by atoms with van der Waals surface area (Å²) in [6.45, 7) is 3.95. The van der Waals surface area contributed by atoms with E-state index in [1.165, 1.54) is 4.90 Å². The molecule has 0 atom stereocenters. The minimum Gasteiger partial charge on any atom is -0.337 e. The van der Waals surface area contributed by atoms with Crippen molar-refractivity contribution < 1.29 is 14.4 Å². The van der Waals surface area contributed by atoms with E-state index in [1.807, 2.05) is 44.2 Å². The molecule has 0 saturated carbocycles. The van der Waals surface area contributed by atoms with E-state index in [-0.39, 0.29) is 31.3 Å². The molecule has 7 nitrogen and oxygen atoms in total. The molecule has 0 fully saturated rings. The Morgan fingerprint density at radius 3 is 2.21 bits per heavy atom. The first kappa shape index (κ1) is 22.4. The van der Waals surface area contributed by atoms with E-state index < -0.39 is 6.03 Å². The Labute approximate surface area is 179 Å². The Morgan fingerprint density at radius 1 is 0.966 bits per heavy atom. The van der Waals surface area contributed by atoms with Gasteiger partial charge in [-0.15, -0.1) is 0 Å². The number of hydrogen-bond donors (Lipinski definition) is 3. The van der Waals surface area contributed by atoms with Crippen LogP contribution in [0.25, 0.3) is 0 Å². The van der Waals surface area contributed by atoms with E-state index in [2.05, 4.69) is 31.9 Å². The summed E-state index contributed by atoms with van der Waals surface area (Å²) in [5.41, 5.74) is 3.35. The van der Waals surface area contributed by atoms with Crippen LogP contribution in [0.15, 0.2) is 46.9 Å². The number of amides is 4. The maximum absolute atomic E-state index is 12.3. The fourth-order valence-corrected chi connectivity index (χ4v) is 2.94. The van der Waals surface area contributed by atoms with Crippen molar-refractivity contribution in [2.24, 2.45) is 0 Å². The van der Waals surface area contributed by atoms with Crippen LogP contribution in [0.2, 0.25) is 0 Å². The number of nitrogens with zero attached hydrogens (tertiary/aromatic N) is 1. The topological polar surface area (TPSA) is 90.5 Å². The summed E-state index contributed by atoms with van der Waals surface area (Å²) in [6.07, 6.45) is 0.0981. The number of carbonyl (C=O) groups is 3. The van der Waals surface area contributed by atoms with E-state index >= 15 is 0 Å². The van der Waals surface area contributed by atoms with Gasteiger partial charge < -0.3 is 20.9 Å². The number of para-hydroxylation sites is 1. The van der Waals surface area contributed by atoms with Crippen LogP contribution in [0, 0.1) is 13.8 Å². The van der Waals surface area contributed by atoms with E-state index in [9.17, 15) is 14.4 Å². The Balaban J connectivity index is 1.73. The highest BCUT2D eigenvalue weighted by atomic mass is 79.9. The lowest BCUT2D eigenvalue weighted by molar-refractivity contribution is -0.133. The molecular formula is C21H25BrN4O3. The standard InChI is InChI=1S/C21H25BrN4O3/c1-14-5-4-6-15(2)20(14)25-18(27)13-26(3)19(28)11-12-23-21(29)24-17-9-7-16(22)8-10-17/h4-10H,11-13H2,1-3H3,(H,25,27)(H2,23,24,29). The lowest BCUT2D eigenvalue weighted by Gasteiger charge is -2.18. The fraction of sp³-hybridized carbons (Fsp3) is 0.286. The molecule has 2 aromatic carbocycles. The van der Waals surface area contributed by atoms with Gasteiger partial charge in [0.05, 0.1) is 6.54 Å². The normalized spacial score (nSPS) is 10.2. The van der Waals surface area contributed by atoms with E-state index in [0.717, 1.165) is 21.3 Å². The van der Waals surface area contributed by atoms with Crippen LogP contribution in [0.5, 0.6) is 0 Å². The van der Waals surface area contributed by atoms with Crippen molar-refractivity contribution in [2.45, 2.75) is 20.3 Å². The monoisotopic (exact) mass is 460 g/mol. The molecule has 4 amide bonds. The highest BCUT2D eigenvalue weighted by molar-refractivity contribution is 9.10. The molecule has 3 N–H and O–H groups in total. The number of carbonyl (C=O) groups excluding carboxylic acids is 3. The second-order valence-electron chi connectivity index (χ2n) is 6.70. The average Bonchev–Trinajstić information content (AvgIpc) is 2.66. The van der Waals surface area contributed by atoms with Crippen LogP contribution in [-0.4, -0.2) is 42.9 Å². The maximum Gasteiger partial charge on any atom is 0.319 e. The molecule has 0 bridgehead atoms. The van der Waals surface area contributed by atoms with Gasteiger partial charge in [0.1, 0.15) is 0 Å². The third-order valence-electron chi connectivity index (χ3n) is 4.28. The first-order chi connectivity index (χ1) is 13.8. The van der Waals surface area contributed by atoms with E-state index in [0.29, 0.717) is 5.69 Å². The SMILES string of the molecule is Cc1cccc(C)c1NC(=O)CN(C)C(=O)CCNC(=O)Nc1ccc(Br)cc1. The number of benzene rings is 2. The summed E-state index contributed by atoms with van der Waals surface area (Å²) in [5, 5.41) is 8.17. The van der Waals surface area contributed by atoms with Crippen molar-refractivity contribution in [1.82, 2.24) is 10.2 Å². The number of hydrogen-bond acceptors (Lipinski definition) is 3. The smallest absolute Gasteiger partial charge is 0.319 e. The Hall–Kier alpha value is -2.87. The first-order valence-electron chi connectivity index (χ1n) is 9.16. The number of likely N-dealkylation sites (N-methyl/N-ethyl adjacent to an activating group) is 1. The molecule has 2 aromatic rings. The molecule has 0 unspecified atom stereocenters. The minimum atomic E-state index is -0.393. The second kappa shape index (κ2) is 10.6. The zero-order valence-corrected chi connectivity index (χ0v) is 18.3. The number of rotatable bonds is 7. The van der Waals surface area contributed by atoms with Crippen LogP contribution in [-0.2, 0) is 9.59 Å². The lowest BCUT2D eigenvalue weighted by Crippen LogP contribution is -2.37. The van der Waals surface area contributed by atoms with Crippen molar-refractivity contribution in [3.05, 3.63) is 58.1 Å². The van der Waals surface area contributed by atoms with Crippen LogP contribution in [0.1, 0.15) is 17.5 Å². The fourth-order valence-electron chi connectivity index (χ4n) is 2.68. The predicted octanol–water partition coefficient (Wildman–Crippen LogP) is 3.67. The Bertz CT molecular complexity index is 864. The molecule has 0 radical (unpaired) electrons. The van der Waals surface area contributed by atoms with Gasteiger partial charge >= 0.3 is 6.03 Å². The number of halogens is 1. The third-order valence-corrected chi connectivity index (χ3v) is 4.81. The van der Waals surface area contributed by atoms with Crippen LogP contribution in [0.3, 0.4) is 0 Å². The Morgan fingerprint density at radius 2 is 1.59 bits per heavy atom. The van der Waals surface area contributed by atoms with Gasteiger partial charge in [-0.05, 0) is 49.2 Å². The van der Waals surface area contributed by atoms with Crippen LogP contribution in [0.4, 0.5) is 16.2 Å². The number of aryl methyl sites for hydroxylation is 2. The number of nitrogens with one attached hydrogen (secondary N) is 3. The molecule has 0 aliphatic carbocycles. The first-order valence-corrected chi connectivity index (χ1v) is 9.96. The molecular weight excluding hydrogens is 436 g/mol. The zero-order valence-electron chi connectivity index (χ0n) is 16.7. The second-order valence-corrected chi connectivity index (χ2v) is 7.62. The Kier molecular flexibility index (Phi) is 8.21. The van der Waals surface area contributed by atoms with Crippen LogP contribution < -0.4 is 16.0 Å². The van der Waals surface area contributed by atoms with Gasteiger partial charge in [0.2, 0.25) is 11.8 Å². The van der Waals surface area contributed by atoms with Gasteiger partial charge in [0, 0.05) is 35.9 Å². The minimum absolute atomic E-state index is 0.0578. The molecule has 0 spiro atoms. The molecule has 0 saturated heterocycles. The number of anilines is 2. The van der Waals surface area contributed by atoms with Gasteiger partial charge in [0.25, 0.3) is 0 Å². The van der Waals surface area contributed by atoms with Gasteiger partial charge in [0.15, 0.2) is 0 Å². The summed E-state index contributed by atoms with van der Waals surface area (Å²) in [7, 11) is 1.56. The van der Waals surface area contributed by atoms with Crippen molar-refractivity contribution in [1.29, 1.82) is 0 Å². The van der Waals surface area contributed by atoms with Crippen LogP contribution >= 0.6 is 15.9 Å². The van der Waals surface area contributed by atoms with Crippen molar-refractivity contribution >= 4 is 45.2 Å². The summed E-state index contributed by atoms with van der Waals surface area (Å²) in [4.78, 5) is 37.7. The molecule has 0 aliphatic rings. The van der Waals surface area contributed by atoms with Gasteiger partial charge in [-0.2, -0.15) is 0 Å². The summed E-state index contributed by atoms with van der Waals surface area (Å²) >= 11 is 3.33. The summed E-state index contributed by atoms with van der Waals surface area (Å²) in [6, 6.07) is 12.5. The molecule has 2 rings (SSSR count). The van der Waals surface area contributed by atoms with Gasteiger partial charge in [-0.1, -0.05) is 34.1 Å². The largest absolute Gasteiger partial charge is 0.337 e. The average molecular weight is 461 g/mol. The van der Waals surface area contributed by atoms with Crippen molar-refractivity contribution in [3.63, 3.8) is 0 Å². The van der Waals surface area contributed by atoms with Gasteiger partial charge in [-0.25, -0.2) is 4.79 Å². The summed E-state index contributed by atoms with van der Waals surface area (Å²) in [5.74, 6) is -0.496. The third kappa shape index (κ3) is 7.23. The van der Waals surface area contributed by atoms with E-state index in [4.69, 9.17) is 0 Å². The molecule has 0 aliphatic heterocycles. The summed E-state index contributed by atoms with van der Waals surface area (Å²) < 4.78 is 0.915. The highest BCUT2D eigenvalue weighted by Crippen LogP contribution is 2.19. The quantitative estimate of drug-likeness (QED) is 0.588. The molecule has 0 aromatic heterocycles. The van der Waals surface area contributed by atoms with Gasteiger partial charge in [-0.3, -0.25) is 9.59 Å². The molecule has 8 heteroatoms. The lowest BCUT2D eigenvalue weighted by atomic mass is 10.1. The molecule has 154 valence electrons. The zero-order chi connectivity index (χ0) is 21.4. The predicted molar refractivity (Wildman–Crippen MR) is 118 cm³/mol. The van der Waals surface area contributed by atoms with Crippen molar-refractivity contribution in [2.75, 3.05) is 30.8 Å². The van der Waals surface area contributed by atoms with E-state index in [1.54, 1.807) is 19.2 Å². The number of urea groups is 1. The maximum atomic E-state index is 12.3. The highest BCUT2D eigenvalue weighted by Gasteiger charge is 2.14. The van der Waals surface area contributed by atoms with Crippen molar-refractivity contribution in [3.8, 4) is 0 Å². The molecule has 29 heavy (non-hydrogen) atoms. The molecule has 0 heterocycles.